The Morgan fingerprint density at radius 1 is 1.21 bits per heavy atom. The fourth-order valence-corrected chi connectivity index (χ4v) is 6.82. The molecule has 0 unspecified atom stereocenters. The molecule has 1 saturated heterocycles. The summed E-state index contributed by atoms with van der Waals surface area (Å²) in [5.74, 6) is -1.26. The zero-order valence-electron chi connectivity index (χ0n) is 19.6. The summed E-state index contributed by atoms with van der Waals surface area (Å²) in [6.07, 6.45) is -4.76. The first-order valence-corrected chi connectivity index (χ1v) is 13.5. The molecule has 1 aliphatic heterocycles. The second-order valence-corrected chi connectivity index (χ2v) is 11.5. The molecule has 1 aromatic carbocycles. The molecule has 0 N–H and O–H groups in total. The molecule has 1 aliphatic rings. The number of aromatic nitrogens is 2. The van der Waals surface area contributed by atoms with Crippen LogP contribution in [0.3, 0.4) is 0 Å². The van der Waals surface area contributed by atoms with Crippen LogP contribution in [0.25, 0.3) is 10.6 Å². The molecule has 4 rings (SSSR count). The summed E-state index contributed by atoms with van der Waals surface area (Å²) in [5.41, 5.74) is 0.517. The van der Waals surface area contributed by atoms with Gasteiger partial charge in [-0.2, -0.15) is 22.7 Å². The highest BCUT2D eigenvalue weighted by Gasteiger charge is 2.48. The lowest BCUT2D eigenvalue weighted by atomic mass is 9.99. The summed E-state index contributed by atoms with van der Waals surface area (Å²) in [5, 5.41) is 8.37. The highest BCUT2D eigenvalue weighted by molar-refractivity contribution is 7.89. The molecule has 0 amide bonds. The third kappa shape index (κ3) is 5.45. The van der Waals surface area contributed by atoms with Crippen LogP contribution in [0, 0.1) is 17.1 Å². The summed E-state index contributed by atoms with van der Waals surface area (Å²) in [7, 11) is -4.33. The molecular weight excluding hydrogens is 551 g/mol. The molecule has 38 heavy (non-hydrogen) atoms. The first-order valence-electron chi connectivity index (χ1n) is 11.2. The number of nitrogens with zero attached hydrogens (tertiary/aromatic N) is 4. The number of sulfonamides is 1. The van der Waals surface area contributed by atoms with Crippen molar-refractivity contribution in [2.24, 2.45) is 0 Å². The number of halogens is 5. The minimum Gasteiger partial charge on any atom is -0.298 e. The van der Waals surface area contributed by atoms with Crippen molar-refractivity contribution < 1.29 is 35.2 Å². The van der Waals surface area contributed by atoms with Crippen LogP contribution >= 0.6 is 11.3 Å². The first-order chi connectivity index (χ1) is 17.8. The van der Waals surface area contributed by atoms with Gasteiger partial charge < -0.3 is 0 Å². The number of alkyl halides is 4. The van der Waals surface area contributed by atoms with Gasteiger partial charge in [-0.15, -0.1) is 11.3 Å². The summed E-state index contributed by atoms with van der Waals surface area (Å²) in [6.45, 7) is 1.34. The summed E-state index contributed by atoms with van der Waals surface area (Å²) >= 11 is 0.375. The molecule has 3 heterocycles. The number of Topliss-reactive ketones (excluding diaryl/α,β-unsaturated/α-hetero) is 1. The third-order valence-corrected chi connectivity index (χ3v) is 9.27. The number of rotatable bonds is 7. The van der Waals surface area contributed by atoms with Gasteiger partial charge in [0.2, 0.25) is 10.0 Å². The Hall–Kier alpha value is -3.28. The molecule has 0 bridgehead atoms. The Labute approximate surface area is 218 Å². The highest BCUT2D eigenvalue weighted by Crippen LogP contribution is 2.37. The van der Waals surface area contributed by atoms with Crippen molar-refractivity contribution in [2.45, 2.75) is 55.5 Å². The fourth-order valence-electron chi connectivity index (χ4n) is 4.23. The minimum absolute atomic E-state index is 0.0611. The number of benzene rings is 1. The highest BCUT2D eigenvalue weighted by atomic mass is 32.2. The average Bonchev–Trinajstić information content (AvgIpc) is 3.48. The monoisotopic (exact) mass is 570 g/mol. The number of hydrogen-bond donors (Lipinski definition) is 0. The Morgan fingerprint density at radius 3 is 2.50 bits per heavy atom. The number of aryl methyl sites for hydroxylation is 1. The molecule has 3 atom stereocenters. The van der Waals surface area contributed by atoms with E-state index in [0.29, 0.717) is 16.9 Å². The predicted octanol–water partition coefficient (Wildman–Crippen LogP) is 4.93. The number of thiazole rings is 1. The second kappa shape index (κ2) is 10.5. The molecule has 1 fully saturated rings. The van der Waals surface area contributed by atoms with Gasteiger partial charge in [0.25, 0.3) is 0 Å². The first kappa shape index (κ1) is 27.7. The molecule has 0 radical (unpaired) electrons. The zero-order chi connectivity index (χ0) is 27.8. The van der Waals surface area contributed by atoms with Gasteiger partial charge >= 0.3 is 6.18 Å². The Morgan fingerprint density at radius 2 is 1.89 bits per heavy atom. The Balaban J connectivity index is 1.57. The number of ketones is 1. The third-order valence-electron chi connectivity index (χ3n) is 6.19. The van der Waals surface area contributed by atoms with Crippen LogP contribution in [0.5, 0.6) is 0 Å². The van der Waals surface area contributed by atoms with E-state index in [4.69, 9.17) is 0 Å². The van der Waals surface area contributed by atoms with E-state index in [9.17, 15) is 40.4 Å². The van der Waals surface area contributed by atoms with Gasteiger partial charge in [0.15, 0.2) is 10.8 Å². The molecule has 7 nitrogen and oxygen atoms in total. The van der Waals surface area contributed by atoms with Gasteiger partial charge in [-0.05, 0) is 49.2 Å². The van der Waals surface area contributed by atoms with Crippen LogP contribution in [0.1, 0.15) is 35.9 Å². The SMILES string of the molecule is C[C@H]1[C@H](F)C[C@@H](C(=O)CCc2cc(-c3cnc(C(F)(F)F)s3)ncc2C#N)N1S(=O)(=O)c1ccc(F)cc1. The number of carbonyl (C=O) groups excluding carboxylic acids is 1. The maximum atomic E-state index is 14.6. The standard InChI is InChI=1S/C24H19F5N4O3S2/c1-13-18(26)9-20(33(13)38(35,36)17-5-3-16(25)4-6-17)21(34)7-2-14-8-19(31-11-15(14)10-30)22-12-32-23(37-22)24(27,28)29/h3-6,8,11-13,18,20H,2,7,9H2,1H3/t13-,18+,20-/m0/s1. The van der Waals surface area contributed by atoms with Crippen molar-refractivity contribution in [1.82, 2.24) is 14.3 Å². The summed E-state index contributed by atoms with van der Waals surface area (Å²) < 4.78 is 94.0. The van der Waals surface area contributed by atoms with E-state index in [0.717, 1.165) is 34.8 Å². The Bertz CT molecular complexity index is 1500. The van der Waals surface area contributed by atoms with E-state index in [1.54, 1.807) is 0 Å². The summed E-state index contributed by atoms with van der Waals surface area (Å²) in [4.78, 5) is 20.3. The summed E-state index contributed by atoms with van der Waals surface area (Å²) in [6, 6.07) is 4.78. The second-order valence-electron chi connectivity index (χ2n) is 8.63. The van der Waals surface area contributed by atoms with Gasteiger partial charge in [-0.3, -0.25) is 9.78 Å². The van der Waals surface area contributed by atoms with E-state index in [2.05, 4.69) is 9.97 Å². The van der Waals surface area contributed by atoms with Crippen LogP contribution < -0.4 is 0 Å². The smallest absolute Gasteiger partial charge is 0.298 e. The zero-order valence-corrected chi connectivity index (χ0v) is 21.2. The van der Waals surface area contributed by atoms with Crippen LogP contribution in [0.4, 0.5) is 22.0 Å². The van der Waals surface area contributed by atoms with Gasteiger partial charge in [0, 0.05) is 25.2 Å². The fraction of sp³-hybridized carbons (Fsp3) is 0.333. The van der Waals surface area contributed by atoms with E-state index in [1.807, 2.05) is 6.07 Å². The minimum atomic E-state index is -4.63. The van der Waals surface area contributed by atoms with E-state index < -0.39 is 51.1 Å². The van der Waals surface area contributed by atoms with Crippen LogP contribution in [0.15, 0.2) is 47.6 Å². The molecule has 0 aliphatic carbocycles. The van der Waals surface area contributed by atoms with Gasteiger partial charge in [0.05, 0.1) is 33.1 Å². The number of hydrogen-bond acceptors (Lipinski definition) is 7. The lowest BCUT2D eigenvalue weighted by molar-refractivity contribution is -0.137. The van der Waals surface area contributed by atoms with Gasteiger partial charge in [-0.1, -0.05) is 0 Å². The number of carbonyl (C=O) groups is 1. The average molecular weight is 571 g/mol. The van der Waals surface area contributed by atoms with Crippen molar-refractivity contribution in [3.8, 4) is 16.6 Å². The van der Waals surface area contributed by atoms with Crippen LogP contribution in [-0.4, -0.2) is 46.7 Å². The maximum absolute atomic E-state index is 14.6. The quantitative estimate of drug-likeness (QED) is 0.374. The molecule has 0 saturated carbocycles. The van der Waals surface area contributed by atoms with Crippen molar-refractivity contribution in [2.75, 3.05) is 0 Å². The molecule has 3 aromatic rings. The van der Waals surface area contributed by atoms with Gasteiger partial charge in [-0.25, -0.2) is 22.2 Å². The predicted molar refractivity (Wildman–Crippen MR) is 127 cm³/mol. The van der Waals surface area contributed by atoms with Gasteiger partial charge in [0.1, 0.15) is 18.1 Å². The molecule has 2 aromatic heterocycles. The molecule has 0 spiro atoms. The lowest BCUT2D eigenvalue weighted by Gasteiger charge is -2.26. The van der Waals surface area contributed by atoms with Crippen molar-refractivity contribution in [3.63, 3.8) is 0 Å². The lowest BCUT2D eigenvalue weighted by Crippen LogP contribution is -2.44. The van der Waals surface area contributed by atoms with Crippen molar-refractivity contribution in [3.05, 3.63) is 64.7 Å². The van der Waals surface area contributed by atoms with E-state index >= 15 is 0 Å². The van der Waals surface area contributed by atoms with Crippen molar-refractivity contribution in [1.29, 1.82) is 5.26 Å². The van der Waals surface area contributed by atoms with E-state index in [1.165, 1.54) is 19.2 Å². The molecular formula is C24H19F5N4O3S2. The number of nitriles is 1. The maximum Gasteiger partial charge on any atom is 0.443 e. The number of pyridine rings is 1. The largest absolute Gasteiger partial charge is 0.443 e. The topological polar surface area (TPSA) is 104 Å². The normalized spacial score (nSPS) is 20.4. The van der Waals surface area contributed by atoms with E-state index in [-0.39, 0.29) is 40.3 Å². The van der Waals surface area contributed by atoms with Crippen molar-refractivity contribution >= 4 is 27.1 Å². The molecule has 14 heteroatoms. The van der Waals surface area contributed by atoms with Crippen LogP contribution in [-0.2, 0) is 27.4 Å². The van der Waals surface area contributed by atoms with Crippen LogP contribution in [0.2, 0.25) is 0 Å². The molecule has 200 valence electrons. The Kier molecular flexibility index (Phi) is 7.64.